The molecular weight excluding hydrogens is 258 g/mol. The topological polar surface area (TPSA) is 84.9 Å². The van der Waals surface area contributed by atoms with Crippen molar-refractivity contribution in [3.05, 3.63) is 22.5 Å². The maximum Gasteiger partial charge on any atom is 0.347 e. The van der Waals surface area contributed by atoms with Crippen LogP contribution in [0.15, 0.2) is 22.5 Å². The first kappa shape index (κ1) is 14.0. The number of thiophene rings is 1. The van der Waals surface area contributed by atoms with Gasteiger partial charge < -0.3 is 19.9 Å². The Bertz CT molecular complexity index is 466. The van der Waals surface area contributed by atoms with Crippen LogP contribution in [-0.4, -0.2) is 30.8 Å². The second kappa shape index (κ2) is 6.65. The molecular formula is C11H13NO5S. The number of hydrogen-bond donors (Lipinski definition) is 2. The zero-order valence-corrected chi connectivity index (χ0v) is 10.7. The van der Waals surface area contributed by atoms with Gasteiger partial charge in [0.1, 0.15) is 0 Å². The number of esters is 1. The van der Waals surface area contributed by atoms with Gasteiger partial charge in [-0.25, -0.2) is 9.59 Å². The van der Waals surface area contributed by atoms with Gasteiger partial charge in [-0.05, 0) is 6.92 Å². The number of aliphatic carboxylic acids is 1. The van der Waals surface area contributed by atoms with Crippen LogP contribution in [0, 0.1) is 0 Å². The lowest BCUT2D eigenvalue weighted by atomic mass is 10.3. The van der Waals surface area contributed by atoms with E-state index in [0.29, 0.717) is 11.4 Å². The fourth-order valence-corrected chi connectivity index (χ4v) is 1.85. The van der Waals surface area contributed by atoms with Crippen LogP contribution in [-0.2, 0) is 14.3 Å². The third-order valence-corrected chi connectivity index (χ3v) is 2.67. The van der Waals surface area contributed by atoms with Crippen LogP contribution in [0.5, 0.6) is 5.75 Å². The minimum absolute atomic E-state index is 0.116. The predicted molar refractivity (Wildman–Crippen MR) is 66.8 cm³/mol. The third-order valence-electron chi connectivity index (χ3n) is 1.94. The molecule has 2 N–H and O–H groups in total. The summed E-state index contributed by atoms with van der Waals surface area (Å²) in [6.45, 7) is 1.72. The van der Waals surface area contributed by atoms with Gasteiger partial charge in [-0.1, -0.05) is 0 Å². The Kier molecular flexibility index (Phi) is 5.19. The Labute approximate surface area is 108 Å². The summed E-state index contributed by atoms with van der Waals surface area (Å²) < 4.78 is 9.68. The van der Waals surface area contributed by atoms with Crippen LogP contribution < -0.4 is 10.1 Å². The van der Waals surface area contributed by atoms with Crippen LogP contribution in [0.2, 0.25) is 0 Å². The molecule has 18 heavy (non-hydrogen) atoms. The summed E-state index contributed by atoms with van der Waals surface area (Å²) in [6.07, 6.45) is 1.09. The highest BCUT2D eigenvalue weighted by atomic mass is 32.1. The number of ether oxygens (including phenoxy) is 2. The molecule has 1 aromatic heterocycles. The molecule has 0 amide bonds. The number of carboxylic acid groups (broad SMARTS) is 1. The van der Waals surface area contributed by atoms with Crippen molar-refractivity contribution in [2.45, 2.75) is 6.92 Å². The summed E-state index contributed by atoms with van der Waals surface area (Å²) in [6, 6.07) is 0. The summed E-state index contributed by atoms with van der Waals surface area (Å²) in [7, 11) is 1.50. The summed E-state index contributed by atoms with van der Waals surface area (Å²) in [5.41, 5.74) is 0.121. The number of carboxylic acids is 1. The zero-order valence-electron chi connectivity index (χ0n) is 9.93. The average Bonchev–Trinajstić information content (AvgIpc) is 2.76. The standard InChI is InChI=1S/C11H13NO5S/c1-3-17-11(15)7(10(13)14)4-12-8-5-18-6-9(8)16-2/h4-6,12H,3H2,1-2H3,(H,13,14). The highest BCUT2D eigenvalue weighted by Crippen LogP contribution is 2.28. The van der Waals surface area contributed by atoms with E-state index in [1.807, 2.05) is 0 Å². The Morgan fingerprint density at radius 2 is 2.22 bits per heavy atom. The van der Waals surface area contributed by atoms with Crippen molar-refractivity contribution in [2.24, 2.45) is 0 Å². The van der Waals surface area contributed by atoms with E-state index in [0.717, 1.165) is 6.20 Å². The summed E-state index contributed by atoms with van der Waals surface area (Å²) in [5.74, 6) is -1.66. The summed E-state index contributed by atoms with van der Waals surface area (Å²) in [5, 5.41) is 15.1. The normalized spacial score (nSPS) is 10.9. The van der Waals surface area contributed by atoms with Gasteiger partial charge in [-0.3, -0.25) is 0 Å². The lowest BCUT2D eigenvalue weighted by Gasteiger charge is -2.05. The smallest absolute Gasteiger partial charge is 0.347 e. The number of carbonyl (C=O) groups excluding carboxylic acids is 1. The summed E-state index contributed by atoms with van der Waals surface area (Å²) >= 11 is 1.39. The minimum Gasteiger partial charge on any atom is -0.494 e. The van der Waals surface area contributed by atoms with Crippen LogP contribution in [0.3, 0.4) is 0 Å². The van der Waals surface area contributed by atoms with Crippen molar-refractivity contribution in [1.82, 2.24) is 0 Å². The summed E-state index contributed by atoms with van der Waals surface area (Å²) in [4.78, 5) is 22.3. The maximum absolute atomic E-state index is 11.4. The second-order valence-corrected chi connectivity index (χ2v) is 3.83. The molecule has 6 nitrogen and oxygen atoms in total. The van der Waals surface area contributed by atoms with E-state index in [4.69, 9.17) is 9.84 Å². The highest BCUT2D eigenvalue weighted by molar-refractivity contribution is 7.08. The van der Waals surface area contributed by atoms with E-state index in [1.165, 1.54) is 18.4 Å². The largest absolute Gasteiger partial charge is 0.494 e. The van der Waals surface area contributed by atoms with Gasteiger partial charge in [0.05, 0.1) is 19.4 Å². The maximum atomic E-state index is 11.4. The van der Waals surface area contributed by atoms with Crippen LogP contribution >= 0.6 is 11.3 Å². The molecule has 0 atom stereocenters. The monoisotopic (exact) mass is 271 g/mol. The molecule has 0 saturated carbocycles. The fourth-order valence-electron chi connectivity index (χ4n) is 1.12. The van der Waals surface area contributed by atoms with Gasteiger partial charge in [0.15, 0.2) is 11.3 Å². The molecule has 0 saturated heterocycles. The van der Waals surface area contributed by atoms with E-state index in [9.17, 15) is 9.59 Å². The molecule has 0 bridgehead atoms. The highest BCUT2D eigenvalue weighted by Gasteiger charge is 2.18. The van der Waals surface area contributed by atoms with Crippen molar-refractivity contribution in [2.75, 3.05) is 19.0 Å². The first-order valence-corrected chi connectivity index (χ1v) is 6.01. The van der Waals surface area contributed by atoms with Crippen molar-refractivity contribution in [3.63, 3.8) is 0 Å². The van der Waals surface area contributed by atoms with Crippen LogP contribution in [0.4, 0.5) is 5.69 Å². The van der Waals surface area contributed by atoms with Gasteiger partial charge in [0.25, 0.3) is 0 Å². The SMILES string of the molecule is CCOC(=O)C(=CNc1cscc1OC)C(=O)O. The first-order valence-electron chi connectivity index (χ1n) is 5.07. The van der Waals surface area contributed by atoms with Crippen molar-refractivity contribution in [1.29, 1.82) is 0 Å². The molecule has 0 aromatic carbocycles. The van der Waals surface area contributed by atoms with Crippen LogP contribution in [0.25, 0.3) is 0 Å². The number of nitrogens with one attached hydrogen (secondary N) is 1. The third kappa shape index (κ3) is 3.49. The van der Waals surface area contributed by atoms with Crippen molar-refractivity contribution < 1.29 is 24.2 Å². The number of rotatable bonds is 6. The quantitative estimate of drug-likeness (QED) is 0.354. The lowest BCUT2D eigenvalue weighted by molar-refractivity contribution is -0.143. The minimum atomic E-state index is -1.35. The molecule has 7 heteroatoms. The molecule has 0 aliphatic carbocycles. The Balaban J connectivity index is 2.84. The number of anilines is 1. The number of carbonyl (C=O) groups is 2. The van der Waals surface area contributed by atoms with Crippen molar-refractivity contribution >= 4 is 29.0 Å². The molecule has 0 spiro atoms. The van der Waals surface area contributed by atoms with E-state index >= 15 is 0 Å². The van der Waals surface area contributed by atoms with Gasteiger partial charge in [-0.15, -0.1) is 11.3 Å². The second-order valence-electron chi connectivity index (χ2n) is 3.08. The van der Waals surface area contributed by atoms with Gasteiger partial charge in [0, 0.05) is 17.0 Å². The first-order chi connectivity index (χ1) is 8.60. The Morgan fingerprint density at radius 1 is 1.50 bits per heavy atom. The molecule has 1 heterocycles. The number of methoxy groups -OCH3 is 1. The Morgan fingerprint density at radius 3 is 2.78 bits per heavy atom. The molecule has 0 aliphatic rings. The average molecular weight is 271 g/mol. The van der Waals surface area contributed by atoms with Gasteiger partial charge >= 0.3 is 11.9 Å². The molecule has 0 radical (unpaired) electrons. The van der Waals surface area contributed by atoms with Crippen LogP contribution in [0.1, 0.15) is 6.92 Å². The molecule has 0 fully saturated rings. The number of hydrogen-bond acceptors (Lipinski definition) is 6. The van der Waals surface area contributed by atoms with Gasteiger partial charge in [-0.2, -0.15) is 0 Å². The molecule has 98 valence electrons. The van der Waals surface area contributed by atoms with E-state index in [-0.39, 0.29) is 6.61 Å². The lowest BCUT2D eigenvalue weighted by Crippen LogP contribution is -2.16. The van der Waals surface area contributed by atoms with E-state index in [1.54, 1.807) is 17.7 Å². The predicted octanol–water partition coefficient (Wildman–Crippen LogP) is 1.70. The van der Waals surface area contributed by atoms with Gasteiger partial charge in [0.2, 0.25) is 0 Å². The van der Waals surface area contributed by atoms with E-state index in [2.05, 4.69) is 10.1 Å². The van der Waals surface area contributed by atoms with Crippen molar-refractivity contribution in [3.8, 4) is 5.75 Å². The molecule has 0 aliphatic heterocycles. The molecule has 0 unspecified atom stereocenters. The molecule has 1 rings (SSSR count). The Hall–Kier alpha value is -2.02. The van der Waals surface area contributed by atoms with E-state index < -0.39 is 17.5 Å². The molecule has 1 aromatic rings. The zero-order chi connectivity index (χ0) is 13.5. The fraction of sp³-hybridized carbons (Fsp3) is 0.273.